The standard InChI is InChI=1S/C20H22F2N2O3/c21-16-2-1-3-19(20(16)22)27-15-6-12-9-24(10-13(12)7-15)11-18(26)17-5-4-14(25)8-23-17/h1-5,8,12-13,15,18,25-26H,6-7,9-11H2/t12-,13+,15+,18?. The average Bonchev–Trinajstić information content (AvgIpc) is 3.17. The van der Waals surface area contributed by atoms with Crippen LogP contribution in [0.5, 0.6) is 11.5 Å². The molecule has 1 aliphatic carbocycles. The van der Waals surface area contributed by atoms with E-state index in [1.807, 2.05) is 0 Å². The Kier molecular flexibility index (Phi) is 4.97. The summed E-state index contributed by atoms with van der Waals surface area (Å²) in [7, 11) is 0. The van der Waals surface area contributed by atoms with Crippen molar-refractivity contribution in [3.8, 4) is 11.5 Å². The highest BCUT2D eigenvalue weighted by atomic mass is 19.2. The minimum Gasteiger partial charge on any atom is -0.506 e. The molecular weight excluding hydrogens is 354 g/mol. The number of aromatic nitrogens is 1. The van der Waals surface area contributed by atoms with Crippen molar-refractivity contribution in [2.24, 2.45) is 11.8 Å². The average molecular weight is 376 g/mol. The van der Waals surface area contributed by atoms with E-state index in [0.29, 0.717) is 24.1 Å². The summed E-state index contributed by atoms with van der Waals surface area (Å²) in [6.07, 6.45) is 2.10. The van der Waals surface area contributed by atoms with Gasteiger partial charge in [-0.3, -0.25) is 9.88 Å². The van der Waals surface area contributed by atoms with Gasteiger partial charge in [-0.1, -0.05) is 6.07 Å². The van der Waals surface area contributed by atoms with Crippen molar-refractivity contribution >= 4 is 0 Å². The summed E-state index contributed by atoms with van der Waals surface area (Å²) < 4.78 is 32.8. The molecule has 2 heterocycles. The van der Waals surface area contributed by atoms with E-state index < -0.39 is 17.7 Å². The molecule has 27 heavy (non-hydrogen) atoms. The fourth-order valence-corrected chi connectivity index (χ4v) is 4.27. The van der Waals surface area contributed by atoms with Gasteiger partial charge in [-0.2, -0.15) is 4.39 Å². The maximum atomic E-state index is 13.8. The van der Waals surface area contributed by atoms with E-state index in [1.54, 1.807) is 6.07 Å². The topological polar surface area (TPSA) is 65.8 Å². The number of rotatable bonds is 5. The fourth-order valence-electron chi connectivity index (χ4n) is 4.27. The first-order chi connectivity index (χ1) is 13.0. The number of aromatic hydroxyl groups is 1. The quantitative estimate of drug-likeness (QED) is 0.840. The van der Waals surface area contributed by atoms with Crippen LogP contribution < -0.4 is 4.74 Å². The molecule has 1 aliphatic heterocycles. The maximum absolute atomic E-state index is 13.8. The van der Waals surface area contributed by atoms with Crippen molar-refractivity contribution in [3.05, 3.63) is 53.9 Å². The number of pyridine rings is 1. The van der Waals surface area contributed by atoms with Gasteiger partial charge in [0.05, 0.1) is 18.0 Å². The van der Waals surface area contributed by atoms with Gasteiger partial charge in [-0.25, -0.2) is 4.39 Å². The van der Waals surface area contributed by atoms with Crippen molar-refractivity contribution in [3.63, 3.8) is 0 Å². The molecule has 4 rings (SSSR count). The predicted octanol–water partition coefficient (Wildman–Crippen LogP) is 2.89. The van der Waals surface area contributed by atoms with E-state index in [2.05, 4.69) is 9.88 Å². The third-order valence-electron chi connectivity index (χ3n) is 5.54. The highest BCUT2D eigenvalue weighted by Gasteiger charge is 2.42. The number of ether oxygens (including phenoxy) is 1. The van der Waals surface area contributed by atoms with Gasteiger partial charge in [0.15, 0.2) is 11.6 Å². The summed E-state index contributed by atoms with van der Waals surface area (Å²) >= 11 is 0. The molecule has 1 saturated carbocycles. The first-order valence-corrected chi connectivity index (χ1v) is 9.15. The Morgan fingerprint density at radius 2 is 1.89 bits per heavy atom. The van der Waals surface area contributed by atoms with Crippen LogP contribution in [0.15, 0.2) is 36.5 Å². The van der Waals surface area contributed by atoms with E-state index >= 15 is 0 Å². The van der Waals surface area contributed by atoms with Gasteiger partial charge in [0.1, 0.15) is 11.9 Å². The van der Waals surface area contributed by atoms with Crippen molar-refractivity contribution in [1.29, 1.82) is 0 Å². The van der Waals surface area contributed by atoms with E-state index in [1.165, 1.54) is 24.4 Å². The second kappa shape index (κ2) is 7.40. The SMILES string of the molecule is Oc1ccc(C(O)CN2C[C@H]3C[C@H](Oc4cccc(F)c4F)C[C@H]3C2)nc1. The molecule has 5 nitrogen and oxygen atoms in total. The number of aliphatic hydroxyl groups excluding tert-OH is 1. The first-order valence-electron chi connectivity index (χ1n) is 9.15. The lowest BCUT2D eigenvalue weighted by Gasteiger charge is -2.22. The van der Waals surface area contributed by atoms with Gasteiger partial charge in [-0.15, -0.1) is 0 Å². The molecule has 0 bridgehead atoms. The number of fused-ring (bicyclic) bond motifs is 1. The highest BCUT2D eigenvalue weighted by molar-refractivity contribution is 5.25. The molecule has 0 spiro atoms. The minimum absolute atomic E-state index is 0.0225. The third-order valence-corrected chi connectivity index (χ3v) is 5.54. The molecule has 2 aromatic rings. The van der Waals surface area contributed by atoms with Crippen LogP contribution in [0.25, 0.3) is 0 Å². The van der Waals surface area contributed by atoms with Gasteiger partial charge >= 0.3 is 0 Å². The van der Waals surface area contributed by atoms with Crippen LogP contribution in [0.1, 0.15) is 24.6 Å². The number of hydrogen-bond donors (Lipinski definition) is 2. The molecule has 0 amide bonds. The largest absolute Gasteiger partial charge is 0.506 e. The lowest BCUT2D eigenvalue weighted by atomic mass is 10.0. The summed E-state index contributed by atoms with van der Waals surface area (Å²) in [6.45, 7) is 2.16. The van der Waals surface area contributed by atoms with Crippen LogP contribution in [0, 0.1) is 23.5 Å². The Balaban J connectivity index is 1.30. The zero-order valence-corrected chi connectivity index (χ0v) is 14.8. The second-order valence-electron chi connectivity index (χ2n) is 7.46. The number of likely N-dealkylation sites (tertiary alicyclic amines) is 1. The summed E-state index contributed by atoms with van der Waals surface area (Å²) in [4.78, 5) is 6.26. The number of aliphatic hydroxyl groups is 1. The number of halogens is 2. The summed E-state index contributed by atoms with van der Waals surface area (Å²) in [5.41, 5.74) is 0.535. The molecule has 2 N–H and O–H groups in total. The fraction of sp³-hybridized carbons (Fsp3) is 0.450. The Labute approximate surface area is 156 Å². The minimum atomic E-state index is -0.930. The normalized spacial score (nSPS) is 26.1. The Morgan fingerprint density at radius 3 is 2.56 bits per heavy atom. The van der Waals surface area contributed by atoms with Crippen molar-refractivity contribution < 1.29 is 23.7 Å². The summed E-state index contributed by atoms with van der Waals surface area (Å²) in [5.74, 6) is -0.930. The zero-order chi connectivity index (χ0) is 19.0. The maximum Gasteiger partial charge on any atom is 0.200 e. The molecule has 1 aromatic carbocycles. The van der Waals surface area contributed by atoms with Crippen LogP contribution in [-0.2, 0) is 0 Å². The molecule has 1 saturated heterocycles. The van der Waals surface area contributed by atoms with Crippen LogP contribution in [-0.4, -0.2) is 45.8 Å². The molecule has 2 aliphatic rings. The van der Waals surface area contributed by atoms with Crippen molar-refractivity contribution in [2.45, 2.75) is 25.0 Å². The van der Waals surface area contributed by atoms with Crippen LogP contribution in [0.2, 0.25) is 0 Å². The van der Waals surface area contributed by atoms with Crippen LogP contribution in [0.3, 0.4) is 0 Å². The van der Waals surface area contributed by atoms with E-state index in [-0.39, 0.29) is 17.6 Å². The third kappa shape index (κ3) is 3.89. The van der Waals surface area contributed by atoms with Crippen LogP contribution in [0.4, 0.5) is 8.78 Å². The molecular formula is C20H22F2N2O3. The molecule has 0 radical (unpaired) electrons. The molecule has 2 fully saturated rings. The Morgan fingerprint density at radius 1 is 1.15 bits per heavy atom. The first kappa shape index (κ1) is 18.1. The van der Waals surface area contributed by atoms with E-state index in [9.17, 15) is 19.0 Å². The number of hydrogen-bond acceptors (Lipinski definition) is 5. The number of β-amino-alcohol motifs (C(OH)–C–C–N with tert-alkyl or cyclic N) is 1. The van der Waals surface area contributed by atoms with Gasteiger partial charge in [0.25, 0.3) is 0 Å². The molecule has 7 heteroatoms. The summed E-state index contributed by atoms with van der Waals surface area (Å²) in [5, 5.41) is 19.6. The Hall–Kier alpha value is -2.25. The monoisotopic (exact) mass is 376 g/mol. The van der Waals surface area contributed by atoms with Crippen molar-refractivity contribution in [2.75, 3.05) is 19.6 Å². The number of benzene rings is 1. The van der Waals surface area contributed by atoms with Gasteiger partial charge < -0.3 is 14.9 Å². The molecule has 144 valence electrons. The Bertz CT molecular complexity index is 788. The van der Waals surface area contributed by atoms with E-state index in [0.717, 1.165) is 32.0 Å². The van der Waals surface area contributed by atoms with Crippen molar-refractivity contribution in [1.82, 2.24) is 9.88 Å². The second-order valence-corrected chi connectivity index (χ2v) is 7.46. The molecule has 1 aromatic heterocycles. The van der Waals surface area contributed by atoms with Gasteiger partial charge in [0, 0.05) is 19.6 Å². The zero-order valence-electron chi connectivity index (χ0n) is 14.8. The highest BCUT2D eigenvalue weighted by Crippen LogP contribution is 2.40. The van der Waals surface area contributed by atoms with Gasteiger partial charge in [-0.05, 0) is 48.9 Å². The lowest BCUT2D eigenvalue weighted by molar-refractivity contribution is 0.112. The van der Waals surface area contributed by atoms with Crippen LogP contribution >= 0.6 is 0 Å². The lowest BCUT2D eigenvalue weighted by Crippen LogP contribution is -2.29. The molecule has 1 unspecified atom stereocenters. The predicted molar refractivity (Wildman–Crippen MR) is 94.3 cm³/mol. The smallest absolute Gasteiger partial charge is 0.200 e. The van der Waals surface area contributed by atoms with Gasteiger partial charge in [0.2, 0.25) is 5.82 Å². The molecule has 4 atom stereocenters. The summed E-state index contributed by atoms with van der Waals surface area (Å²) in [6, 6.07) is 7.12. The number of nitrogens with zero attached hydrogens (tertiary/aromatic N) is 2. The van der Waals surface area contributed by atoms with E-state index in [4.69, 9.17) is 4.74 Å².